The molecule has 1 aliphatic rings. The van der Waals surface area contributed by atoms with E-state index in [0.717, 1.165) is 50.2 Å². The van der Waals surface area contributed by atoms with Gasteiger partial charge in [-0.05, 0) is 18.4 Å². The molecular weight excluding hydrogens is 296 g/mol. The van der Waals surface area contributed by atoms with Gasteiger partial charge in [0.2, 0.25) is 0 Å². The molecule has 0 saturated carbocycles. The van der Waals surface area contributed by atoms with E-state index in [9.17, 15) is 0 Å². The predicted octanol–water partition coefficient (Wildman–Crippen LogP) is 1.76. The van der Waals surface area contributed by atoms with E-state index in [1.54, 1.807) is 7.11 Å². The van der Waals surface area contributed by atoms with E-state index in [4.69, 9.17) is 4.74 Å². The first-order valence-electron chi connectivity index (χ1n) is 7.62. The molecule has 0 radical (unpaired) electrons. The fourth-order valence-electron chi connectivity index (χ4n) is 2.58. The van der Waals surface area contributed by atoms with Crippen molar-refractivity contribution in [1.82, 2.24) is 10.2 Å². The monoisotopic (exact) mass is 322 g/mol. The van der Waals surface area contributed by atoms with Gasteiger partial charge in [0.1, 0.15) is 5.75 Å². The van der Waals surface area contributed by atoms with Crippen molar-refractivity contribution in [1.29, 1.82) is 0 Å². The standard InChI is InChI=1S/C16H26N4OS/c1-17-16(18-7-12-22-3)20-10-8-19(9-11-20)14-5-4-6-15(13-14)21-2/h4-6,13H,7-12H2,1-3H3,(H,17,18). The zero-order chi connectivity index (χ0) is 15.8. The van der Waals surface area contributed by atoms with Gasteiger partial charge in [0.15, 0.2) is 5.96 Å². The van der Waals surface area contributed by atoms with Crippen LogP contribution in [0.1, 0.15) is 0 Å². The third kappa shape index (κ3) is 4.47. The molecule has 122 valence electrons. The van der Waals surface area contributed by atoms with Crippen LogP contribution in [0.15, 0.2) is 29.3 Å². The first-order chi connectivity index (χ1) is 10.8. The summed E-state index contributed by atoms with van der Waals surface area (Å²) in [6.45, 7) is 4.92. The second kappa shape index (κ2) is 8.78. The van der Waals surface area contributed by atoms with Crippen LogP contribution >= 0.6 is 11.8 Å². The Balaban J connectivity index is 1.89. The van der Waals surface area contributed by atoms with Gasteiger partial charge in [0.05, 0.1) is 7.11 Å². The maximum atomic E-state index is 5.31. The molecule has 1 aliphatic heterocycles. The number of hydrogen-bond donors (Lipinski definition) is 1. The number of anilines is 1. The lowest BCUT2D eigenvalue weighted by Crippen LogP contribution is -2.52. The number of ether oxygens (including phenoxy) is 1. The molecule has 0 atom stereocenters. The van der Waals surface area contributed by atoms with Crippen molar-refractivity contribution in [2.75, 3.05) is 63.8 Å². The molecule has 22 heavy (non-hydrogen) atoms. The Hall–Kier alpha value is -1.56. The Morgan fingerprint density at radius 1 is 1.32 bits per heavy atom. The number of nitrogens with one attached hydrogen (secondary N) is 1. The molecule has 1 saturated heterocycles. The van der Waals surface area contributed by atoms with Gasteiger partial charge in [0, 0.05) is 57.3 Å². The molecule has 0 aliphatic carbocycles. The lowest BCUT2D eigenvalue weighted by atomic mass is 10.2. The van der Waals surface area contributed by atoms with E-state index >= 15 is 0 Å². The molecule has 1 fully saturated rings. The maximum absolute atomic E-state index is 5.31. The smallest absolute Gasteiger partial charge is 0.193 e. The number of aliphatic imine (C=N–C) groups is 1. The summed E-state index contributed by atoms with van der Waals surface area (Å²) in [6, 6.07) is 8.27. The zero-order valence-electron chi connectivity index (χ0n) is 13.7. The van der Waals surface area contributed by atoms with Gasteiger partial charge in [-0.2, -0.15) is 11.8 Å². The molecule has 2 rings (SSSR count). The number of rotatable bonds is 5. The number of benzene rings is 1. The summed E-state index contributed by atoms with van der Waals surface area (Å²) in [6.07, 6.45) is 2.12. The van der Waals surface area contributed by atoms with Crippen molar-refractivity contribution in [3.63, 3.8) is 0 Å². The summed E-state index contributed by atoms with van der Waals surface area (Å²) < 4.78 is 5.31. The number of thioether (sulfide) groups is 1. The molecule has 6 heteroatoms. The van der Waals surface area contributed by atoms with E-state index < -0.39 is 0 Å². The first-order valence-corrected chi connectivity index (χ1v) is 9.01. The highest BCUT2D eigenvalue weighted by molar-refractivity contribution is 7.98. The molecule has 1 aromatic carbocycles. The van der Waals surface area contributed by atoms with Crippen molar-refractivity contribution < 1.29 is 4.74 Å². The molecule has 0 amide bonds. The average molecular weight is 322 g/mol. The minimum atomic E-state index is 0.912. The lowest BCUT2D eigenvalue weighted by molar-refractivity contribution is 0.373. The Kier molecular flexibility index (Phi) is 6.71. The fourth-order valence-corrected chi connectivity index (χ4v) is 2.89. The summed E-state index contributed by atoms with van der Waals surface area (Å²) >= 11 is 1.85. The van der Waals surface area contributed by atoms with Crippen LogP contribution in [-0.4, -0.2) is 69.7 Å². The van der Waals surface area contributed by atoms with Crippen molar-refractivity contribution in [3.8, 4) is 5.75 Å². The minimum absolute atomic E-state index is 0.912. The van der Waals surface area contributed by atoms with Crippen LogP contribution in [0, 0.1) is 0 Å². The van der Waals surface area contributed by atoms with E-state index in [1.807, 2.05) is 30.9 Å². The van der Waals surface area contributed by atoms with Gasteiger partial charge in [-0.25, -0.2) is 0 Å². The van der Waals surface area contributed by atoms with Crippen molar-refractivity contribution in [3.05, 3.63) is 24.3 Å². The molecule has 1 aromatic rings. The number of nitrogens with zero attached hydrogens (tertiary/aromatic N) is 3. The Bertz CT molecular complexity index is 487. The van der Waals surface area contributed by atoms with Gasteiger partial charge < -0.3 is 19.9 Å². The molecule has 1 heterocycles. The molecule has 0 spiro atoms. The van der Waals surface area contributed by atoms with Crippen LogP contribution in [-0.2, 0) is 0 Å². The van der Waals surface area contributed by atoms with Crippen LogP contribution in [0.3, 0.4) is 0 Å². The lowest BCUT2D eigenvalue weighted by Gasteiger charge is -2.37. The summed E-state index contributed by atoms with van der Waals surface area (Å²) in [5, 5.41) is 3.43. The van der Waals surface area contributed by atoms with Crippen LogP contribution in [0.4, 0.5) is 5.69 Å². The van der Waals surface area contributed by atoms with Gasteiger partial charge in [-0.3, -0.25) is 4.99 Å². The fraction of sp³-hybridized carbons (Fsp3) is 0.562. The number of methoxy groups -OCH3 is 1. The largest absolute Gasteiger partial charge is 0.497 e. The highest BCUT2D eigenvalue weighted by Gasteiger charge is 2.19. The van der Waals surface area contributed by atoms with Crippen molar-refractivity contribution in [2.24, 2.45) is 4.99 Å². The van der Waals surface area contributed by atoms with Crippen LogP contribution in [0.5, 0.6) is 5.75 Å². The summed E-state index contributed by atoms with van der Waals surface area (Å²) in [5.74, 6) is 3.02. The third-order valence-electron chi connectivity index (χ3n) is 3.80. The Labute approximate surface area is 137 Å². The van der Waals surface area contributed by atoms with Gasteiger partial charge in [0.25, 0.3) is 0 Å². The van der Waals surface area contributed by atoms with E-state index in [2.05, 4.69) is 38.5 Å². The van der Waals surface area contributed by atoms with E-state index in [1.165, 1.54) is 5.69 Å². The van der Waals surface area contributed by atoms with Crippen LogP contribution < -0.4 is 15.0 Å². The van der Waals surface area contributed by atoms with E-state index in [0.29, 0.717) is 0 Å². The number of piperazine rings is 1. The quantitative estimate of drug-likeness (QED) is 0.508. The van der Waals surface area contributed by atoms with Crippen LogP contribution in [0.25, 0.3) is 0 Å². The number of guanidine groups is 1. The van der Waals surface area contributed by atoms with Crippen molar-refractivity contribution >= 4 is 23.4 Å². The molecular formula is C16H26N4OS. The second-order valence-corrected chi connectivity index (χ2v) is 6.13. The molecule has 0 aromatic heterocycles. The predicted molar refractivity (Wildman–Crippen MR) is 96.5 cm³/mol. The third-order valence-corrected chi connectivity index (χ3v) is 4.41. The second-order valence-electron chi connectivity index (χ2n) is 5.14. The summed E-state index contributed by atoms with van der Waals surface area (Å²) in [4.78, 5) is 9.12. The van der Waals surface area contributed by atoms with Gasteiger partial charge in [-0.15, -0.1) is 0 Å². The van der Waals surface area contributed by atoms with Crippen LogP contribution in [0.2, 0.25) is 0 Å². The molecule has 5 nitrogen and oxygen atoms in total. The zero-order valence-corrected chi connectivity index (χ0v) is 14.5. The highest BCUT2D eigenvalue weighted by atomic mass is 32.2. The Morgan fingerprint density at radius 3 is 2.73 bits per heavy atom. The SMILES string of the molecule is CN=C(NCCSC)N1CCN(c2cccc(OC)c2)CC1. The normalized spacial score (nSPS) is 15.9. The van der Waals surface area contributed by atoms with Gasteiger partial charge in [-0.1, -0.05) is 6.07 Å². The van der Waals surface area contributed by atoms with Crippen molar-refractivity contribution in [2.45, 2.75) is 0 Å². The molecule has 0 unspecified atom stereocenters. The van der Waals surface area contributed by atoms with Gasteiger partial charge >= 0.3 is 0 Å². The maximum Gasteiger partial charge on any atom is 0.193 e. The minimum Gasteiger partial charge on any atom is -0.497 e. The summed E-state index contributed by atoms with van der Waals surface area (Å²) in [5.41, 5.74) is 1.23. The molecule has 1 N–H and O–H groups in total. The highest BCUT2D eigenvalue weighted by Crippen LogP contribution is 2.22. The average Bonchev–Trinajstić information content (AvgIpc) is 2.59. The number of hydrogen-bond acceptors (Lipinski definition) is 4. The molecule has 0 bridgehead atoms. The van der Waals surface area contributed by atoms with E-state index in [-0.39, 0.29) is 0 Å². The Morgan fingerprint density at radius 2 is 2.09 bits per heavy atom. The topological polar surface area (TPSA) is 40.1 Å². The summed E-state index contributed by atoms with van der Waals surface area (Å²) in [7, 11) is 3.57. The first kappa shape index (κ1) is 16.8.